The van der Waals surface area contributed by atoms with Crippen LogP contribution in [0.15, 0.2) is 6.07 Å². The van der Waals surface area contributed by atoms with Crippen molar-refractivity contribution in [3.05, 3.63) is 11.8 Å². The zero-order valence-electron chi connectivity index (χ0n) is 13.1. The summed E-state index contributed by atoms with van der Waals surface area (Å²) in [5.41, 5.74) is 1.06. The Labute approximate surface area is 130 Å². The Kier molecular flexibility index (Phi) is 4.45. The molecule has 0 aromatic carbocycles. The standard InChI is InChI=1S/C16H24N4O2/c1-11-5-4-8-20(10-11)16(22)15(21)17-14-9-13(18-19-14)12-6-2-3-7-12/h9,11-12H,2-8,10H2,1H3,(H2,17,18,19,21). The largest absolute Gasteiger partial charge is 0.334 e. The van der Waals surface area contributed by atoms with E-state index in [1.807, 2.05) is 6.07 Å². The Bertz CT molecular complexity index is 548. The number of aromatic nitrogens is 2. The van der Waals surface area contributed by atoms with Crippen LogP contribution in [0.3, 0.4) is 0 Å². The summed E-state index contributed by atoms with van der Waals surface area (Å²) >= 11 is 0. The van der Waals surface area contributed by atoms with E-state index in [0.29, 0.717) is 30.7 Å². The van der Waals surface area contributed by atoms with Crippen LogP contribution in [0, 0.1) is 5.92 Å². The van der Waals surface area contributed by atoms with Crippen molar-refractivity contribution in [3.8, 4) is 0 Å². The average molecular weight is 304 g/mol. The number of nitrogens with zero attached hydrogens (tertiary/aromatic N) is 2. The van der Waals surface area contributed by atoms with E-state index in [4.69, 9.17) is 0 Å². The third kappa shape index (κ3) is 3.31. The van der Waals surface area contributed by atoms with E-state index in [2.05, 4.69) is 22.4 Å². The number of anilines is 1. The molecule has 1 unspecified atom stereocenters. The van der Waals surface area contributed by atoms with Crippen molar-refractivity contribution in [3.63, 3.8) is 0 Å². The lowest BCUT2D eigenvalue weighted by atomic mass is 10.0. The van der Waals surface area contributed by atoms with Crippen molar-refractivity contribution in [2.24, 2.45) is 5.92 Å². The summed E-state index contributed by atoms with van der Waals surface area (Å²) in [7, 11) is 0. The molecule has 2 heterocycles. The van der Waals surface area contributed by atoms with Gasteiger partial charge in [0.15, 0.2) is 5.82 Å². The van der Waals surface area contributed by atoms with Gasteiger partial charge in [-0.05, 0) is 31.6 Å². The smallest absolute Gasteiger partial charge is 0.315 e. The number of hydrogen-bond donors (Lipinski definition) is 2. The van der Waals surface area contributed by atoms with E-state index in [0.717, 1.165) is 18.5 Å². The van der Waals surface area contributed by atoms with E-state index in [-0.39, 0.29) is 0 Å². The molecule has 1 aromatic rings. The van der Waals surface area contributed by atoms with Crippen LogP contribution in [0.1, 0.15) is 57.1 Å². The molecule has 6 nitrogen and oxygen atoms in total. The Balaban J connectivity index is 1.57. The third-order valence-electron chi connectivity index (χ3n) is 4.77. The van der Waals surface area contributed by atoms with E-state index in [1.165, 1.54) is 25.7 Å². The van der Waals surface area contributed by atoms with Gasteiger partial charge in [-0.1, -0.05) is 19.8 Å². The van der Waals surface area contributed by atoms with Crippen LogP contribution in [0.25, 0.3) is 0 Å². The fourth-order valence-corrected chi connectivity index (χ4v) is 3.53. The van der Waals surface area contributed by atoms with Crippen LogP contribution in [0.2, 0.25) is 0 Å². The van der Waals surface area contributed by atoms with Crippen molar-refractivity contribution >= 4 is 17.6 Å². The van der Waals surface area contributed by atoms with Crippen molar-refractivity contribution < 1.29 is 9.59 Å². The molecule has 2 N–H and O–H groups in total. The summed E-state index contributed by atoms with van der Waals surface area (Å²) in [4.78, 5) is 25.9. The van der Waals surface area contributed by atoms with Gasteiger partial charge in [0.05, 0.1) is 0 Å². The van der Waals surface area contributed by atoms with Crippen LogP contribution >= 0.6 is 0 Å². The highest BCUT2D eigenvalue weighted by Crippen LogP contribution is 2.33. The van der Waals surface area contributed by atoms with Gasteiger partial charge in [-0.2, -0.15) is 5.10 Å². The lowest BCUT2D eigenvalue weighted by Crippen LogP contribution is -2.44. The molecule has 120 valence electrons. The molecule has 1 atom stereocenters. The quantitative estimate of drug-likeness (QED) is 0.823. The second-order valence-electron chi connectivity index (χ2n) is 6.64. The number of amides is 2. The summed E-state index contributed by atoms with van der Waals surface area (Å²) < 4.78 is 0. The van der Waals surface area contributed by atoms with E-state index in [1.54, 1.807) is 4.90 Å². The van der Waals surface area contributed by atoms with E-state index in [9.17, 15) is 9.59 Å². The van der Waals surface area contributed by atoms with Gasteiger partial charge in [0, 0.05) is 30.8 Å². The second-order valence-corrected chi connectivity index (χ2v) is 6.64. The predicted octanol–water partition coefficient (Wildman–Crippen LogP) is 2.26. The molecule has 2 aliphatic rings. The van der Waals surface area contributed by atoms with Crippen LogP contribution in [-0.2, 0) is 9.59 Å². The number of likely N-dealkylation sites (tertiary alicyclic amines) is 1. The zero-order chi connectivity index (χ0) is 15.5. The summed E-state index contributed by atoms with van der Waals surface area (Å²) in [5, 5.41) is 9.73. The number of nitrogens with one attached hydrogen (secondary N) is 2. The maximum absolute atomic E-state index is 12.2. The molecule has 1 aromatic heterocycles. The van der Waals surface area contributed by atoms with Gasteiger partial charge in [-0.3, -0.25) is 14.7 Å². The molecule has 2 fully saturated rings. The number of carbonyl (C=O) groups excluding carboxylic acids is 2. The third-order valence-corrected chi connectivity index (χ3v) is 4.77. The van der Waals surface area contributed by atoms with Crippen LogP contribution in [0.5, 0.6) is 0 Å². The molecule has 0 radical (unpaired) electrons. The average Bonchev–Trinajstić information content (AvgIpc) is 3.17. The predicted molar refractivity (Wildman–Crippen MR) is 83.4 cm³/mol. The molecule has 1 aliphatic heterocycles. The maximum atomic E-state index is 12.2. The molecule has 1 aliphatic carbocycles. The lowest BCUT2D eigenvalue weighted by molar-refractivity contribution is -0.144. The Morgan fingerprint density at radius 1 is 1.27 bits per heavy atom. The van der Waals surface area contributed by atoms with Crippen LogP contribution in [-0.4, -0.2) is 40.0 Å². The fourth-order valence-electron chi connectivity index (χ4n) is 3.53. The highest BCUT2D eigenvalue weighted by molar-refractivity contribution is 6.39. The number of rotatable bonds is 2. The van der Waals surface area contributed by atoms with Gasteiger partial charge >= 0.3 is 11.8 Å². The minimum Gasteiger partial charge on any atom is -0.334 e. The molecule has 6 heteroatoms. The van der Waals surface area contributed by atoms with Gasteiger partial charge in [0.25, 0.3) is 0 Å². The minimum absolute atomic E-state index is 0.447. The van der Waals surface area contributed by atoms with Crippen LogP contribution in [0.4, 0.5) is 5.82 Å². The molecule has 22 heavy (non-hydrogen) atoms. The van der Waals surface area contributed by atoms with E-state index >= 15 is 0 Å². The SMILES string of the molecule is CC1CCCN(C(=O)C(=O)Nc2cc(C3CCCC3)[nH]n2)C1. The second kappa shape index (κ2) is 6.50. The van der Waals surface area contributed by atoms with Crippen molar-refractivity contribution in [1.82, 2.24) is 15.1 Å². The molecule has 1 saturated heterocycles. The number of piperidine rings is 1. The normalized spacial score (nSPS) is 22.8. The highest BCUT2D eigenvalue weighted by atomic mass is 16.2. The Morgan fingerprint density at radius 3 is 2.77 bits per heavy atom. The van der Waals surface area contributed by atoms with Crippen molar-refractivity contribution in [2.45, 2.75) is 51.4 Å². The summed E-state index contributed by atoms with van der Waals surface area (Å²) in [6.07, 6.45) is 6.91. The van der Waals surface area contributed by atoms with Gasteiger partial charge in [-0.25, -0.2) is 0 Å². The van der Waals surface area contributed by atoms with E-state index < -0.39 is 11.8 Å². The van der Waals surface area contributed by atoms with Gasteiger partial charge < -0.3 is 10.2 Å². The molecular formula is C16H24N4O2. The van der Waals surface area contributed by atoms with Gasteiger partial charge in [0.2, 0.25) is 0 Å². The molecule has 2 amide bonds. The zero-order valence-corrected chi connectivity index (χ0v) is 13.1. The van der Waals surface area contributed by atoms with Gasteiger partial charge in [0.1, 0.15) is 0 Å². The molecule has 3 rings (SSSR count). The summed E-state index contributed by atoms with van der Waals surface area (Å²) in [6.45, 7) is 3.45. The first-order valence-electron chi connectivity index (χ1n) is 8.29. The summed E-state index contributed by atoms with van der Waals surface area (Å²) in [6, 6.07) is 1.86. The number of carbonyl (C=O) groups is 2. The molecular weight excluding hydrogens is 280 g/mol. The Morgan fingerprint density at radius 2 is 2.05 bits per heavy atom. The number of H-pyrrole nitrogens is 1. The topological polar surface area (TPSA) is 78.1 Å². The number of aromatic amines is 1. The maximum Gasteiger partial charge on any atom is 0.315 e. The first-order chi connectivity index (χ1) is 10.6. The minimum atomic E-state index is -0.585. The van der Waals surface area contributed by atoms with Gasteiger partial charge in [-0.15, -0.1) is 0 Å². The number of hydrogen-bond acceptors (Lipinski definition) is 3. The molecule has 0 bridgehead atoms. The molecule has 1 saturated carbocycles. The first kappa shape index (κ1) is 15.1. The first-order valence-corrected chi connectivity index (χ1v) is 8.29. The summed E-state index contributed by atoms with van der Waals surface area (Å²) in [5.74, 6) is 0.391. The Hall–Kier alpha value is -1.85. The fraction of sp³-hybridized carbons (Fsp3) is 0.688. The molecule has 0 spiro atoms. The van der Waals surface area contributed by atoms with Crippen LogP contribution < -0.4 is 5.32 Å². The van der Waals surface area contributed by atoms with Crippen molar-refractivity contribution in [2.75, 3.05) is 18.4 Å². The lowest BCUT2D eigenvalue weighted by Gasteiger charge is -2.30. The monoisotopic (exact) mass is 304 g/mol. The van der Waals surface area contributed by atoms with Crippen molar-refractivity contribution in [1.29, 1.82) is 0 Å². The highest BCUT2D eigenvalue weighted by Gasteiger charge is 2.27.